The highest BCUT2D eigenvalue weighted by Crippen LogP contribution is 2.21. The van der Waals surface area contributed by atoms with Crippen LogP contribution in [0.1, 0.15) is 31.1 Å². The standard InChI is InChI=1S/C12H16Cl2N2O/c1-7(2)8(3)16(4)12(17)9-5-10(13)11(14)15-6-9/h5-8H,1-4H3. The molecule has 0 aliphatic heterocycles. The van der Waals surface area contributed by atoms with Crippen LogP contribution in [0.4, 0.5) is 0 Å². The van der Waals surface area contributed by atoms with E-state index in [9.17, 15) is 4.79 Å². The lowest BCUT2D eigenvalue weighted by atomic mass is 10.0. The molecule has 1 heterocycles. The number of hydrogen-bond acceptors (Lipinski definition) is 2. The third-order valence-corrected chi connectivity index (χ3v) is 3.63. The predicted molar refractivity (Wildman–Crippen MR) is 70.7 cm³/mol. The maximum Gasteiger partial charge on any atom is 0.255 e. The predicted octanol–water partition coefficient (Wildman–Crippen LogP) is 3.50. The zero-order chi connectivity index (χ0) is 13.2. The molecule has 1 aromatic heterocycles. The monoisotopic (exact) mass is 274 g/mol. The third-order valence-electron chi connectivity index (χ3n) is 2.94. The molecule has 1 unspecified atom stereocenters. The maximum atomic E-state index is 12.1. The van der Waals surface area contributed by atoms with Crippen molar-refractivity contribution in [2.45, 2.75) is 26.8 Å². The summed E-state index contributed by atoms with van der Waals surface area (Å²) in [5, 5.41) is 0.505. The van der Waals surface area contributed by atoms with E-state index in [0.717, 1.165) is 0 Å². The van der Waals surface area contributed by atoms with Gasteiger partial charge in [-0.25, -0.2) is 4.98 Å². The van der Waals surface area contributed by atoms with Gasteiger partial charge in [0.2, 0.25) is 0 Å². The van der Waals surface area contributed by atoms with Gasteiger partial charge >= 0.3 is 0 Å². The Labute approximate surface area is 112 Å². The lowest BCUT2D eigenvalue weighted by Crippen LogP contribution is -2.38. The maximum absolute atomic E-state index is 12.1. The van der Waals surface area contributed by atoms with Crippen LogP contribution in [0, 0.1) is 5.92 Å². The number of aromatic nitrogens is 1. The van der Waals surface area contributed by atoms with Crippen molar-refractivity contribution in [3.05, 3.63) is 28.0 Å². The van der Waals surface area contributed by atoms with E-state index < -0.39 is 0 Å². The van der Waals surface area contributed by atoms with Crippen molar-refractivity contribution >= 4 is 29.1 Å². The zero-order valence-corrected chi connectivity index (χ0v) is 11.9. The fraction of sp³-hybridized carbons (Fsp3) is 0.500. The van der Waals surface area contributed by atoms with E-state index >= 15 is 0 Å². The first kappa shape index (κ1) is 14.3. The summed E-state index contributed by atoms with van der Waals surface area (Å²) in [6.07, 6.45) is 1.44. The van der Waals surface area contributed by atoms with E-state index in [0.29, 0.717) is 16.5 Å². The number of pyridine rings is 1. The largest absolute Gasteiger partial charge is 0.339 e. The average Bonchev–Trinajstić information content (AvgIpc) is 2.29. The highest BCUT2D eigenvalue weighted by molar-refractivity contribution is 6.41. The van der Waals surface area contributed by atoms with E-state index in [1.807, 2.05) is 6.92 Å². The van der Waals surface area contributed by atoms with Crippen LogP contribution in [0.25, 0.3) is 0 Å². The fourth-order valence-corrected chi connectivity index (χ4v) is 1.64. The molecule has 94 valence electrons. The zero-order valence-electron chi connectivity index (χ0n) is 10.4. The Morgan fingerprint density at radius 1 is 1.35 bits per heavy atom. The van der Waals surface area contributed by atoms with Gasteiger partial charge in [0.15, 0.2) is 0 Å². The van der Waals surface area contributed by atoms with Gasteiger partial charge in [-0.05, 0) is 18.9 Å². The molecule has 1 amide bonds. The minimum Gasteiger partial charge on any atom is -0.339 e. The first-order valence-corrected chi connectivity index (χ1v) is 6.18. The highest BCUT2D eigenvalue weighted by atomic mass is 35.5. The number of carbonyl (C=O) groups is 1. The Morgan fingerprint density at radius 3 is 2.41 bits per heavy atom. The van der Waals surface area contributed by atoms with Gasteiger partial charge in [-0.1, -0.05) is 37.0 Å². The van der Waals surface area contributed by atoms with Crippen LogP contribution < -0.4 is 0 Å². The van der Waals surface area contributed by atoms with Crippen molar-refractivity contribution in [2.24, 2.45) is 5.92 Å². The Bertz CT molecular complexity index is 421. The van der Waals surface area contributed by atoms with E-state index in [4.69, 9.17) is 23.2 Å². The van der Waals surface area contributed by atoms with Gasteiger partial charge in [-0.15, -0.1) is 0 Å². The molecule has 0 saturated carbocycles. The number of nitrogens with zero attached hydrogens (tertiary/aromatic N) is 2. The van der Waals surface area contributed by atoms with Crippen LogP contribution in [0.3, 0.4) is 0 Å². The number of hydrogen-bond donors (Lipinski definition) is 0. The number of carbonyl (C=O) groups excluding carboxylic acids is 1. The first-order chi connectivity index (χ1) is 7.84. The molecule has 0 saturated heterocycles. The van der Waals surface area contributed by atoms with Crippen LogP contribution in [0.5, 0.6) is 0 Å². The van der Waals surface area contributed by atoms with Crippen LogP contribution in [-0.2, 0) is 0 Å². The second-order valence-electron chi connectivity index (χ2n) is 4.40. The van der Waals surface area contributed by atoms with E-state index in [-0.39, 0.29) is 17.1 Å². The molecular weight excluding hydrogens is 259 g/mol. The number of halogens is 2. The molecular formula is C12H16Cl2N2O. The van der Waals surface area contributed by atoms with Crippen molar-refractivity contribution in [1.29, 1.82) is 0 Å². The van der Waals surface area contributed by atoms with Crippen molar-refractivity contribution in [1.82, 2.24) is 9.88 Å². The minimum atomic E-state index is -0.0998. The summed E-state index contributed by atoms with van der Waals surface area (Å²) < 4.78 is 0. The molecule has 0 bridgehead atoms. The molecule has 0 aromatic carbocycles. The van der Waals surface area contributed by atoms with Crippen molar-refractivity contribution < 1.29 is 4.79 Å². The number of rotatable bonds is 3. The van der Waals surface area contributed by atoms with Crippen molar-refractivity contribution in [3.63, 3.8) is 0 Å². The molecule has 0 aliphatic rings. The van der Waals surface area contributed by atoms with Gasteiger partial charge in [0, 0.05) is 19.3 Å². The van der Waals surface area contributed by atoms with E-state index in [2.05, 4.69) is 18.8 Å². The normalized spacial score (nSPS) is 12.6. The molecule has 3 nitrogen and oxygen atoms in total. The molecule has 0 spiro atoms. The summed E-state index contributed by atoms with van der Waals surface area (Å²) in [6.45, 7) is 6.15. The quantitative estimate of drug-likeness (QED) is 0.791. The molecule has 0 radical (unpaired) electrons. The van der Waals surface area contributed by atoms with Gasteiger partial charge in [0.25, 0.3) is 5.91 Å². The van der Waals surface area contributed by atoms with Crippen molar-refractivity contribution in [2.75, 3.05) is 7.05 Å². The molecule has 0 fully saturated rings. The van der Waals surface area contributed by atoms with Crippen LogP contribution >= 0.6 is 23.2 Å². The third kappa shape index (κ3) is 3.33. The Hall–Kier alpha value is -0.800. The number of amides is 1. The fourth-order valence-electron chi connectivity index (χ4n) is 1.37. The Morgan fingerprint density at radius 2 is 1.94 bits per heavy atom. The van der Waals surface area contributed by atoms with Gasteiger partial charge in [0.1, 0.15) is 5.15 Å². The summed E-state index contributed by atoms with van der Waals surface area (Å²) >= 11 is 11.5. The molecule has 1 aromatic rings. The molecule has 17 heavy (non-hydrogen) atoms. The van der Waals surface area contributed by atoms with Gasteiger partial charge in [-0.2, -0.15) is 0 Å². The van der Waals surface area contributed by atoms with Gasteiger partial charge in [-0.3, -0.25) is 4.79 Å². The molecule has 1 rings (SSSR count). The van der Waals surface area contributed by atoms with E-state index in [1.54, 1.807) is 18.0 Å². The second kappa shape index (κ2) is 5.69. The van der Waals surface area contributed by atoms with Gasteiger partial charge < -0.3 is 4.90 Å². The van der Waals surface area contributed by atoms with Crippen LogP contribution in [-0.4, -0.2) is 28.9 Å². The molecule has 1 atom stereocenters. The summed E-state index contributed by atoms with van der Waals surface area (Å²) in [7, 11) is 1.77. The average molecular weight is 275 g/mol. The second-order valence-corrected chi connectivity index (χ2v) is 5.16. The van der Waals surface area contributed by atoms with Crippen LogP contribution in [0.15, 0.2) is 12.3 Å². The Kier molecular flexibility index (Phi) is 4.78. The topological polar surface area (TPSA) is 33.2 Å². The summed E-state index contributed by atoms with van der Waals surface area (Å²) in [4.78, 5) is 17.7. The summed E-state index contributed by atoms with van der Waals surface area (Å²) in [6, 6.07) is 1.69. The smallest absolute Gasteiger partial charge is 0.255 e. The minimum absolute atomic E-state index is 0.0998. The summed E-state index contributed by atoms with van der Waals surface area (Å²) in [5.74, 6) is 0.289. The Balaban J connectivity index is 2.92. The van der Waals surface area contributed by atoms with Crippen LogP contribution in [0.2, 0.25) is 10.2 Å². The lowest BCUT2D eigenvalue weighted by molar-refractivity contribution is 0.0706. The van der Waals surface area contributed by atoms with Crippen molar-refractivity contribution in [3.8, 4) is 0 Å². The first-order valence-electron chi connectivity index (χ1n) is 5.42. The molecule has 0 aliphatic carbocycles. The lowest BCUT2D eigenvalue weighted by Gasteiger charge is -2.28. The highest BCUT2D eigenvalue weighted by Gasteiger charge is 2.20. The SMILES string of the molecule is CC(C)C(C)N(C)C(=O)c1cnc(Cl)c(Cl)c1. The van der Waals surface area contributed by atoms with E-state index in [1.165, 1.54) is 6.20 Å². The molecule has 5 heteroatoms. The summed E-state index contributed by atoms with van der Waals surface area (Å²) in [5.41, 5.74) is 0.453. The molecule has 0 N–H and O–H groups in total. The van der Waals surface area contributed by atoms with Gasteiger partial charge in [0.05, 0.1) is 10.6 Å².